The molecule has 2 N–H and O–H groups in total. The molecular formula is C22H30N4OS. The first-order chi connectivity index (χ1) is 13.7. The maximum Gasteiger partial charge on any atom is 0.222 e. The maximum atomic E-state index is 11.8. The summed E-state index contributed by atoms with van der Waals surface area (Å²) < 4.78 is 0. The Labute approximate surface area is 171 Å². The van der Waals surface area contributed by atoms with Gasteiger partial charge in [0.25, 0.3) is 0 Å². The van der Waals surface area contributed by atoms with E-state index in [9.17, 15) is 4.79 Å². The molecule has 1 atom stereocenters. The molecule has 3 rings (SSSR count). The summed E-state index contributed by atoms with van der Waals surface area (Å²) >= 11 is 1.74. The molecule has 2 aromatic rings. The Balaban J connectivity index is 1.52. The van der Waals surface area contributed by atoms with Crippen molar-refractivity contribution < 1.29 is 4.79 Å². The van der Waals surface area contributed by atoms with Crippen molar-refractivity contribution in [2.24, 2.45) is 4.99 Å². The normalized spacial score (nSPS) is 15.7. The Kier molecular flexibility index (Phi) is 7.48. The van der Waals surface area contributed by atoms with E-state index in [2.05, 4.69) is 65.6 Å². The summed E-state index contributed by atoms with van der Waals surface area (Å²) in [5.41, 5.74) is 3.71. The minimum absolute atomic E-state index is 0.270. The summed E-state index contributed by atoms with van der Waals surface area (Å²) in [7, 11) is 0. The minimum Gasteiger partial charge on any atom is -0.357 e. The lowest BCUT2D eigenvalue weighted by atomic mass is 10.1. The van der Waals surface area contributed by atoms with Gasteiger partial charge in [0, 0.05) is 32.6 Å². The number of carbonyl (C=O) groups excluding carboxylic acids is 1. The van der Waals surface area contributed by atoms with Gasteiger partial charge in [0.1, 0.15) is 0 Å². The number of hydrogen-bond acceptors (Lipinski definition) is 3. The average molecular weight is 399 g/mol. The molecule has 1 fully saturated rings. The van der Waals surface area contributed by atoms with Crippen LogP contribution in [0.1, 0.15) is 49.3 Å². The number of thiophene rings is 1. The highest BCUT2D eigenvalue weighted by Gasteiger charge is 2.19. The summed E-state index contributed by atoms with van der Waals surface area (Å²) in [5, 5.41) is 11.1. The highest BCUT2D eigenvalue weighted by atomic mass is 32.1. The SMILES string of the molecule is CCNC(=NCc1ccc(CN2CCCC2=O)cc1)NCC(C)c1ccsc1. The summed E-state index contributed by atoms with van der Waals surface area (Å²) in [4.78, 5) is 18.4. The van der Waals surface area contributed by atoms with Gasteiger partial charge >= 0.3 is 0 Å². The predicted molar refractivity (Wildman–Crippen MR) is 117 cm³/mol. The fourth-order valence-corrected chi connectivity index (χ4v) is 4.06. The third-order valence-electron chi connectivity index (χ3n) is 5.02. The molecule has 0 saturated carbocycles. The Morgan fingerprint density at radius 3 is 2.64 bits per heavy atom. The average Bonchev–Trinajstić information content (AvgIpc) is 3.37. The fraction of sp³-hybridized carbons (Fsp3) is 0.455. The highest BCUT2D eigenvalue weighted by Crippen LogP contribution is 2.17. The van der Waals surface area contributed by atoms with Crippen LogP contribution >= 0.6 is 11.3 Å². The van der Waals surface area contributed by atoms with E-state index in [0.29, 0.717) is 25.4 Å². The van der Waals surface area contributed by atoms with Crippen molar-refractivity contribution >= 4 is 23.2 Å². The van der Waals surface area contributed by atoms with Gasteiger partial charge in [-0.15, -0.1) is 0 Å². The number of benzene rings is 1. The summed E-state index contributed by atoms with van der Waals surface area (Å²) in [6, 6.07) is 10.6. The standard InChI is InChI=1S/C22H30N4OS/c1-3-23-22(24-13-17(2)20-10-12-28-16-20)25-14-18-6-8-19(9-7-18)15-26-11-4-5-21(26)27/h6-10,12,16-17H,3-5,11,13-15H2,1-2H3,(H2,23,24,25). The Morgan fingerprint density at radius 2 is 2.00 bits per heavy atom. The minimum atomic E-state index is 0.270. The second-order valence-electron chi connectivity index (χ2n) is 7.27. The second kappa shape index (κ2) is 10.3. The molecule has 0 spiro atoms. The molecule has 1 unspecified atom stereocenters. The summed E-state index contributed by atoms with van der Waals surface area (Å²) in [6.45, 7) is 8.22. The quantitative estimate of drug-likeness (QED) is 0.526. The molecule has 1 amide bonds. The highest BCUT2D eigenvalue weighted by molar-refractivity contribution is 7.07. The van der Waals surface area contributed by atoms with Gasteiger partial charge in [0.2, 0.25) is 5.91 Å². The zero-order valence-electron chi connectivity index (χ0n) is 16.8. The molecule has 2 heterocycles. The first-order valence-electron chi connectivity index (χ1n) is 10.1. The molecule has 1 saturated heterocycles. The topological polar surface area (TPSA) is 56.7 Å². The summed E-state index contributed by atoms with van der Waals surface area (Å²) in [6.07, 6.45) is 1.68. The molecule has 1 aliphatic heterocycles. The summed E-state index contributed by atoms with van der Waals surface area (Å²) in [5.74, 6) is 1.56. The fourth-order valence-electron chi connectivity index (χ4n) is 3.28. The number of hydrogen-bond donors (Lipinski definition) is 2. The maximum absolute atomic E-state index is 11.8. The van der Waals surface area contributed by atoms with Crippen molar-refractivity contribution in [3.8, 4) is 0 Å². The van der Waals surface area contributed by atoms with Gasteiger partial charge in [-0.2, -0.15) is 11.3 Å². The Bertz CT molecular complexity index is 770. The van der Waals surface area contributed by atoms with Crippen LogP contribution in [0.4, 0.5) is 0 Å². The van der Waals surface area contributed by atoms with Gasteiger partial charge in [0.05, 0.1) is 6.54 Å². The van der Waals surface area contributed by atoms with Gasteiger partial charge in [0.15, 0.2) is 5.96 Å². The van der Waals surface area contributed by atoms with Crippen LogP contribution < -0.4 is 10.6 Å². The number of nitrogens with zero attached hydrogens (tertiary/aromatic N) is 2. The van der Waals surface area contributed by atoms with Crippen molar-refractivity contribution in [2.45, 2.75) is 45.7 Å². The number of amides is 1. The van der Waals surface area contributed by atoms with Crippen LogP contribution in [0, 0.1) is 0 Å². The molecule has 5 nitrogen and oxygen atoms in total. The van der Waals surface area contributed by atoms with E-state index in [4.69, 9.17) is 4.99 Å². The Hall–Kier alpha value is -2.34. The molecule has 1 aliphatic rings. The van der Waals surface area contributed by atoms with Crippen LogP contribution in [0.25, 0.3) is 0 Å². The molecule has 0 radical (unpaired) electrons. The Morgan fingerprint density at radius 1 is 1.21 bits per heavy atom. The van der Waals surface area contributed by atoms with Crippen LogP contribution in [-0.2, 0) is 17.9 Å². The third-order valence-corrected chi connectivity index (χ3v) is 5.72. The third kappa shape index (κ3) is 5.83. The number of guanidine groups is 1. The molecular weight excluding hydrogens is 368 g/mol. The molecule has 1 aromatic heterocycles. The lowest BCUT2D eigenvalue weighted by Gasteiger charge is -2.16. The van der Waals surface area contributed by atoms with Gasteiger partial charge in [-0.3, -0.25) is 4.79 Å². The number of likely N-dealkylation sites (tertiary alicyclic amines) is 1. The molecule has 28 heavy (non-hydrogen) atoms. The number of aliphatic imine (C=N–C) groups is 1. The van der Waals surface area contributed by atoms with E-state index >= 15 is 0 Å². The smallest absolute Gasteiger partial charge is 0.222 e. The molecule has 0 bridgehead atoms. The van der Waals surface area contributed by atoms with Gasteiger partial charge in [-0.25, -0.2) is 4.99 Å². The number of nitrogens with one attached hydrogen (secondary N) is 2. The van der Waals surface area contributed by atoms with Crippen LogP contribution in [-0.4, -0.2) is 36.4 Å². The molecule has 0 aliphatic carbocycles. The van der Waals surface area contributed by atoms with Crippen molar-refractivity contribution in [3.05, 3.63) is 57.8 Å². The number of rotatable bonds is 8. The van der Waals surface area contributed by atoms with Crippen molar-refractivity contribution in [1.29, 1.82) is 0 Å². The van der Waals surface area contributed by atoms with Crippen LogP contribution in [0.5, 0.6) is 0 Å². The van der Waals surface area contributed by atoms with Crippen molar-refractivity contribution in [3.63, 3.8) is 0 Å². The van der Waals surface area contributed by atoms with Gasteiger partial charge in [-0.1, -0.05) is 31.2 Å². The molecule has 150 valence electrons. The zero-order chi connectivity index (χ0) is 19.8. The first-order valence-corrected chi connectivity index (χ1v) is 11.0. The van der Waals surface area contributed by atoms with Crippen LogP contribution in [0.3, 0.4) is 0 Å². The van der Waals surface area contributed by atoms with Crippen molar-refractivity contribution in [2.75, 3.05) is 19.6 Å². The van der Waals surface area contributed by atoms with E-state index in [1.165, 1.54) is 16.7 Å². The second-order valence-corrected chi connectivity index (χ2v) is 8.05. The molecule has 6 heteroatoms. The van der Waals surface area contributed by atoms with Crippen LogP contribution in [0.15, 0.2) is 46.1 Å². The first kappa shape index (κ1) is 20.4. The van der Waals surface area contributed by atoms with Gasteiger partial charge in [-0.05, 0) is 52.8 Å². The zero-order valence-corrected chi connectivity index (χ0v) is 17.6. The van der Waals surface area contributed by atoms with E-state index < -0.39 is 0 Å². The van der Waals surface area contributed by atoms with E-state index in [-0.39, 0.29) is 5.91 Å². The van der Waals surface area contributed by atoms with Crippen LogP contribution in [0.2, 0.25) is 0 Å². The van der Waals surface area contributed by atoms with E-state index in [0.717, 1.165) is 32.0 Å². The monoisotopic (exact) mass is 398 g/mol. The van der Waals surface area contributed by atoms with E-state index in [1.807, 2.05) is 4.90 Å². The lowest BCUT2D eigenvalue weighted by molar-refractivity contribution is -0.128. The van der Waals surface area contributed by atoms with Gasteiger partial charge < -0.3 is 15.5 Å². The van der Waals surface area contributed by atoms with E-state index in [1.54, 1.807) is 11.3 Å². The van der Waals surface area contributed by atoms with Crippen molar-refractivity contribution in [1.82, 2.24) is 15.5 Å². The number of carbonyl (C=O) groups is 1. The molecule has 1 aromatic carbocycles. The predicted octanol–water partition coefficient (Wildman–Crippen LogP) is 3.73. The lowest BCUT2D eigenvalue weighted by Crippen LogP contribution is -2.39. The largest absolute Gasteiger partial charge is 0.357 e.